The maximum atomic E-state index is 12.3. The van der Waals surface area contributed by atoms with Crippen LogP contribution in [0.25, 0.3) is 0 Å². The van der Waals surface area contributed by atoms with Gasteiger partial charge < -0.3 is 4.74 Å². The van der Waals surface area contributed by atoms with Crippen LogP contribution in [0, 0.1) is 0 Å². The number of carbonyl (C=O) groups is 1. The number of carbonyl (C=O) groups excluding carboxylic acids is 1. The van der Waals surface area contributed by atoms with Crippen molar-refractivity contribution in [2.45, 2.75) is 32.0 Å². The first-order chi connectivity index (χ1) is 10.7. The van der Waals surface area contributed by atoms with Gasteiger partial charge in [0.1, 0.15) is 6.04 Å². The van der Waals surface area contributed by atoms with Crippen molar-refractivity contribution in [1.29, 1.82) is 0 Å². The Morgan fingerprint density at radius 2 is 1.68 bits per heavy atom. The highest BCUT2D eigenvalue weighted by Crippen LogP contribution is 2.49. The zero-order valence-electron chi connectivity index (χ0n) is 13.0. The van der Waals surface area contributed by atoms with Crippen molar-refractivity contribution in [3.63, 3.8) is 0 Å². The third-order valence-corrected chi connectivity index (χ3v) is 4.25. The Balaban J connectivity index is 1.86. The Morgan fingerprint density at radius 1 is 1.09 bits per heavy atom. The second-order valence-electron chi connectivity index (χ2n) is 5.59. The molecule has 1 saturated heterocycles. The van der Waals surface area contributed by atoms with E-state index in [9.17, 15) is 4.79 Å². The quantitative estimate of drug-likeness (QED) is 0.621. The highest BCUT2D eigenvalue weighted by Gasteiger charge is 2.56. The van der Waals surface area contributed by atoms with Gasteiger partial charge in [0, 0.05) is 6.04 Å². The fourth-order valence-electron chi connectivity index (χ4n) is 3.12. The highest BCUT2D eigenvalue weighted by molar-refractivity contribution is 5.81. The summed E-state index contributed by atoms with van der Waals surface area (Å²) in [5.74, 6) is -0.126. The predicted octanol–water partition coefficient (Wildman–Crippen LogP) is 3.74. The molecule has 2 aromatic rings. The van der Waals surface area contributed by atoms with Gasteiger partial charge in [-0.1, -0.05) is 60.7 Å². The second kappa shape index (κ2) is 6.32. The summed E-state index contributed by atoms with van der Waals surface area (Å²) in [7, 11) is 0. The largest absolute Gasteiger partial charge is 0.465 e. The zero-order valence-corrected chi connectivity index (χ0v) is 13.0. The first-order valence-corrected chi connectivity index (χ1v) is 7.78. The number of hydrogen-bond donors (Lipinski definition) is 0. The molecule has 1 aliphatic heterocycles. The maximum Gasteiger partial charge on any atom is 0.325 e. The molecule has 2 aromatic carbocycles. The van der Waals surface area contributed by atoms with Crippen LogP contribution in [0.4, 0.5) is 0 Å². The smallest absolute Gasteiger partial charge is 0.325 e. The van der Waals surface area contributed by atoms with Crippen LogP contribution in [0.1, 0.15) is 37.1 Å². The van der Waals surface area contributed by atoms with E-state index >= 15 is 0 Å². The molecule has 0 saturated carbocycles. The number of benzene rings is 2. The minimum atomic E-state index is -0.183. The highest BCUT2D eigenvalue weighted by atomic mass is 16.5. The topological polar surface area (TPSA) is 29.3 Å². The molecule has 0 N–H and O–H groups in total. The van der Waals surface area contributed by atoms with Crippen LogP contribution in [-0.2, 0) is 9.53 Å². The van der Waals surface area contributed by atoms with Gasteiger partial charge in [0.2, 0.25) is 0 Å². The minimum absolute atomic E-state index is 0.107. The van der Waals surface area contributed by atoms with E-state index in [1.165, 1.54) is 11.1 Å². The van der Waals surface area contributed by atoms with Crippen LogP contribution in [0.3, 0.4) is 0 Å². The summed E-state index contributed by atoms with van der Waals surface area (Å²) in [6.07, 6.45) is 0. The molecule has 114 valence electrons. The Hall–Kier alpha value is -2.13. The fourth-order valence-corrected chi connectivity index (χ4v) is 3.12. The van der Waals surface area contributed by atoms with Crippen molar-refractivity contribution < 1.29 is 9.53 Å². The lowest BCUT2D eigenvalue weighted by Crippen LogP contribution is -2.18. The van der Waals surface area contributed by atoms with Crippen molar-refractivity contribution >= 4 is 5.97 Å². The van der Waals surface area contributed by atoms with Crippen molar-refractivity contribution in [3.05, 3.63) is 71.8 Å². The van der Waals surface area contributed by atoms with Crippen molar-refractivity contribution in [1.82, 2.24) is 4.90 Å². The first kappa shape index (κ1) is 14.8. The molecule has 0 aromatic heterocycles. The molecule has 0 bridgehead atoms. The number of nitrogens with zero attached hydrogens (tertiary/aromatic N) is 1. The summed E-state index contributed by atoms with van der Waals surface area (Å²) >= 11 is 0. The summed E-state index contributed by atoms with van der Waals surface area (Å²) in [5.41, 5.74) is 2.39. The average Bonchev–Trinajstić information content (AvgIpc) is 3.32. The number of hydrogen-bond acceptors (Lipinski definition) is 3. The minimum Gasteiger partial charge on any atom is -0.465 e. The molecule has 22 heavy (non-hydrogen) atoms. The lowest BCUT2D eigenvalue weighted by Gasteiger charge is -2.15. The molecule has 1 fully saturated rings. The molecule has 3 nitrogen and oxygen atoms in total. The molecule has 0 aliphatic carbocycles. The molecule has 0 radical (unpaired) electrons. The van der Waals surface area contributed by atoms with Crippen LogP contribution >= 0.6 is 0 Å². The van der Waals surface area contributed by atoms with Gasteiger partial charge in [-0.15, -0.1) is 0 Å². The SMILES string of the molecule is CCOC(=O)[C@H]1[C@@H](c2ccccc2)N1[C@H](C)c1ccccc1. The molecule has 0 spiro atoms. The van der Waals surface area contributed by atoms with Gasteiger partial charge >= 0.3 is 5.97 Å². The van der Waals surface area contributed by atoms with E-state index in [4.69, 9.17) is 4.74 Å². The molecular weight excluding hydrogens is 274 g/mol. The Morgan fingerprint density at radius 3 is 2.27 bits per heavy atom. The first-order valence-electron chi connectivity index (χ1n) is 7.78. The van der Waals surface area contributed by atoms with Crippen molar-refractivity contribution in [3.8, 4) is 0 Å². The Labute approximate surface area is 131 Å². The zero-order chi connectivity index (χ0) is 15.5. The summed E-state index contributed by atoms with van der Waals surface area (Å²) < 4.78 is 5.25. The van der Waals surface area contributed by atoms with Crippen LogP contribution < -0.4 is 0 Å². The molecule has 1 heterocycles. The van der Waals surface area contributed by atoms with E-state index < -0.39 is 0 Å². The van der Waals surface area contributed by atoms with E-state index in [0.717, 1.165) is 0 Å². The lowest BCUT2D eigenvalue weighted by atomic mass is 10.1. The number of esters is 1. The van der Waals surface area contributed by atoms with Crippen LogP contribution in [0.15, 0.2) is 60.7 Å². The summed E-state index contributed by atoms with van der Waals surface area (Å²) in [6, 6.07) is 20.6. The Kier molecular flexibility index (Phi) is 4.25. The fraction of sp³-hybridized carbons (Fsp3) is 0.316. The number of ether oxygens (including phenoxy) is 1. The van der Waals surface area contributed by atoms with E-state index in [2.05, 4.69) is 36.1 Å². The molecule has 4 atom stereocenters. The Bertz CT molecular complexity index is 626. The van der Waals surface area contributed by atoms with Gasteiger partial charge in [0.25, 0.3) is 0 Å². The lowest BCUT2D eigenvalue weighted by molar-refractivity contribution is -0.143. The standard InChI is InChI=1S/C19H21NO2/c1-3-22-19(21)18-17(16-12-8-5-9-13-16)20(18)14(2)15-10-6-4-7-11-15/h4-14,17-18H,3H2,1-2H3/t14-,17-,18-,20?/m1/s1. The van der Waals surface area contributed by atoms with E-state index in [0.29, 0.717) is 6.61 Å². The van der Waals surface area contributed by atoms with Gasteiger partial charge in [-0.05, 0) is 25.0 Å². The van der Waals surface area contributed by atoms with Gasteiger partial charge in [0.05, 0.1) is 12.6 Å². The van der Waals surface area contributed by atoms with Gasteiger partial charge in [-0.2, -0.15) is 0 Å². The van der Waals surface area contributed by atoms with Gasteiger partial charge in [-0.3, -0.25) is 9.69 Å². The van der Waals surface area contributed by atoms with Gasteiger partial charge in [0.15, 0.2) is 0 Å². The number of rotatable bonds is 5. The van der Waals surface area contributed by atoms with Gasteiger partial charge in [-0.25, -0.2) is 0 Å². The molecule has 3 rings (SSSR count). The monoisotopic (exact) mass is 295 g/mol. The van der Waals surface area contributed by atoms with Crippen LogP contribution in [0.2, 0.25) is 0 Å². The second-order valence-corrected chi connectivity index (χ2v) is 5.59. The maximum absolute atomic E-state index is 12.3. The molecule has 1 unspecified atom stereocenters. The summed E-state index contributed by atoms with van der Waals surface area (Å²) in [4.78, 5) is 14.5. The van der Waals surface area contributed by atoms with E-state index in [1.54, 1.807) is 0 Å². The van der Waals surface area contributed by atoms with Crippen molar-refractivity contribution in [2.24, 2.45) is 0 Å². The van der Waals surface area contributed by atoms with Crippen LogP contribution in [-0.4, -0.2) is 23.5 Å². The van der Waals surface area contributed by atoms with Crippen molar-refractivity contribution in [2.75, 3.05) is 6.61 Å². The summed E-state index contributed by atoms with van der Waals surface area (Å²) in [5, 5.41) is 0. The predicted molar refractivity (Wildman–Crippen MR) is 86.3 cm³/mol. The van der Waals surface area contributed by atoms with E-state index in [1.807, 2.05) is 43.3 Å². The average molecular weight is 295 g/mol. The molecule has 1 aliphatic rings. The molecular formula is C19H21NO2. The van der Waals surface area contributed by atoms with Crippen LogP contribution in [0.5, 0.6) is 0 Å². The molecule has 3 heteroatoms. The summed E-state index contributed by atoms with van der Waals surface area (Å²) in [6.45, 7) is 4.41. The van der Waals surface area contributed by atoms with E-state index in [-0.39, 0.29) is 24.1 Å². The molecule has 0 amide bonds. The third-order valence-electron chi connectivity index (χ3n) is 4.25. The normalized spacial score (nSPS) is 24.5. The third kappa shape index (κ3) is 2.77.